The highest BCUT2D eigenvalue weighted by Crippen LogP contribution is 2.26. The van der Waals surface area contributed by atoms with Crippen LogP contribution in [0.4, 0.5) is 0 Å². The summed E-state index contributed by atoms with van der Waals surface area (Å²) in [4.78, 5) is 0. The largest absolute Gasteiger partial charge is 0.507 e. The third kappa shape index (κ3) is 1.84. The zero-order chi connectivity index (χ0) is 10.0. The number of phenols is 1. The van der Waals surface area contributed by atoms with Crippen LogP contribution in [0.1, 0.15) is 29.5 Å². The van der Waals surface area contributed by atoms with Gasteiger partial charge in [0.2, 0.25) is 0 Å². The van der Waals surface area contributed by atoms with Crippen molar-refractivity contribution in [3.63, 3.8) is 0 Å². The third-order valence-corrected chi connectivity index (χ3v) is 2.26. The lowest BCUT2D eigenvalue weighted by atomic mass is 9.97. The molecule has 1 aromatic carbocycles. The van der Waals surface area contributed by atoms with Crippen molar-refractivity contribution in [3.05, 3.63) is 28.8 Å². The van der Waals surface area contributed by atoms with Crippen molar-refractivity contribution in [1.29, 1.82) is 0 Å². The van der Waals surface area contributed by atoms with Gasteiger partial charge >= 0.3 is 0 Å². The maximum absolute atomic E-state index is 9.53. The molecule has 1 aromatic rings. The molecule has 0 spiro atoms. The first kappa shape index (κ1) is 9.67. The van der Waals surface area contributed by atoms with Gasteiger partial charge in [0.25, 0.3) is 0 Å². The molecule has 1 N–H and O–H groups in total. The SMILES string of the molecule is C#CC(C)c1cc(C)c(O)c(C)c1. The number of hydrogen-bond donors (Lipinski definition) is 1. The van der Waals surface area contributed by atoms with E-state index in [9.17, 15) is 5.11 Å². The Morgan fingerprint density at radius 3 is 2.15 bits per heavy atom. The molecule has 0 aromatic heterocycles. The van der Waals surface area contributed by atoms with E-state index < -0.39 is 0 Å². The molecule has 0 amide bonds. The average Bonchev–Trinajstić information content (AvgIpc) is 2.12. The maximum Gasteiger partial charge on any atom is 0.121 e. The Labute approximate surface area is 79.4 Å². The van der Waals surface area contributed by atoms with Crippen LogP contribution in [0.3, 0.4) is 0 Å². The molecular formula is C12H14O. The van der Waals surface area contributed by atoms with Gasteiger partial charge in [0, 0.05) is 5.92 Å². The van der Waals surface area contributed by atoms with Gasteiger partial charge in [-0.05, 0) is 37.5 Å². The van der Waals surface area contributed by atoms with Gasteiger partial charge in [-0.3, -0.25) is 0 Å². The van der Waals surface area contributed by atoms with Gasteiger partial charge in [-0.25, -0.2) is 0 Å². The van der Waals surface area contributed by atoms with Gasteiger partial charge in [0.15, 0.2) is 0 Å². The molecule has 1 unspecified atom stereocenters. The molecular weight excluding hydrogens is 160 g/mol. The molecule has 0 fully saturated rings. The summed E-state index contributed by atoms with van der Waals surface area (Å²) in [5.74, 6) is 3.15. The van der Waals surface area contributed by atoms with Crippen molar-refractivity contribution in [1.82, 2.24) is 0 Å². The topological polar surface area (TPSA) is 20.2 Å². The summed E-state index contributed by atoms with van der Waals surface area (Å²) >= 11 is 0. The minimum atomic E-state index is 0.109. The summed E-state index contributed by atoms with van der Waals surface area (Å²) < 4.78 is 0. The van der Waals surface area contributed by atoms with Crippen LogP contribution in [0.2, 0.25) is 0 Å². The molecule has 1 nitrogen and oxygen atoms in total. The molecule has 0 bridgehead atoms. The van der Waals surface area contributed by atoms with E-state index in [1.807, 2.05) is 32.9 Å². The third-order valence-electron chi connectivity index (χ3n) is 2.26. The highest BCUT2D eigenvalue weighted by Gasteiger charge is 2.06. The van der Waals surface area contributed by atoms with Gasteiger partial charge < -0.3 is 5.11 Å². The first-order chi connectivity index (χ1) is 6.06. The Morgan fingerprint density at radius 2 is 1.77 bits per heavy atom. The fourth-order valence-electron chi connectivity index (χ4n) is 1.34. The number of terminal acetylenes is 1. The van der Waals surface area contributed by atoms with Crippen LogP contribution in [0.15, 0.2) is 12.1 Å². The number of aryl methyl sites for hydroxylation is 2. The monoisotopic (exact) mass is 174 g/mol. The predicted octanol–water partition coefficient (Wildman–Crippen LogP) is 2.75. The summed E-state index contributed by atoms with van der Waals surface area (Å²) in [6.45, 7) is 5.75. The Hall–Kier alpha value is -1.42. The van der Waals surface area contributed by atoms with Crippen molar-refractivity contribution < 1.29 is 5.11 Å². The van der Waals surface area contributed by atoms with E-state index in [0.717, 1.165) is 16.7 Å². The second-order valence-electron chi connectivity index (χ2n) is 3.39. The normalized spacial score (nSPS) is 12.2. The van der Waals surface area contributed by atoms with Crippen LogP contribution in [-0.4, -0.2) is 5.11 Å². The molecule has 0 saturated carbocycles. The van der Waals surface area contributed by atoms with E-state index in [1.54, 1.807) is 0 Å². The van der Waals surface area contributed by atoms with E-state index in [-0.39, 0.29) is 5.92 Å². The molecule has 0 radical (unpaired) electrons. The lowest BCUT2D eigenvalue weighted by Gasteiger charge is -2.09. The van der Waals surface area contributed by atoms with Crippen molar-refractivity contribution in [3.8, 4) is 18.1 Å². The van der Waals surface area contributed by atoms with Gasteiger partial charge in [0.1, 0.15) is 5.75 Å². The number of benzene rings is 1. The minimum absolute atomic E-state index is 0.109. The highest BCUT2D eigenvalue weighted by atomic mass is 16.3. The molecule has 0 heterocycles. The van der Waals surface area contributed by atoms with Gasteiger partial charge in [0.05, 0.1) is 0 Å². The van der Waals surface area contributed by atoms with Crippen LogP contribution in [0.25, 0.3) is 0 Å². The lowest BCUT2D eigenvalue weighted by molar-refractivity contribution is 0.466. The predicted molar refractivity (Wildman–Crippen MR) is 54.8 cm³/mol. The van der Waals surface area contributed by atoms with E-state index in [0.29, 0.717) is 5.75 Å². The van der Waals surface area contributed by atoms with E-state index >= 15 is 0 Å². The van der Waals surface area contributed by atoms with Crippen LogP contribution in [-0.2, 0) is 0 Å². The fraction of sp³-hybridized carbons (Fsp3) is 0.333. The van der Waals surface area contributed by atoms with Crippen LogP contribution < -0.4 is 0 Å². The molecule has 0 aliphatic heterocycles. The van der Waals surface area contributed by atoms with Crippen molar-refractivity contribution in [2.24, 2.45) is 0 Å². The van der Waals surface area contributed by atoms with Crippen molar-refractivity contribution in [2.45, 2.75) is 26.7 Å². The number of rotatable bonds is 1. The molecule has 1 rings (SSSR count). The lowest BCUT2D eigenvalue weighted by Crippen LogP contribution is -1.92. The minimum Gasteiger partial charge on any atom is -0.507 e. The first-order valence-corrected chi connectivity index (χ1v) is 4.32. The first-order valence-electron chi connectivity index (χ1n) is 4.32. The van der Waals surface area contributed by atoms with Gasteiger partial charge in [-0.15, -0.1) is 6.42 Å². The summed E-state index contributed by atoms with van der Waals surface area (Å²) in [6.07, 6.45) is 5.33. The molecule has 0 saturated heterocycles. The average molecular weight is 174 g/mol. The number of aromatic hydroxyl groups is 1. The molecule has 1 heteroatoms. The standard InChI is InChI=1S/C12H14O/c1-5-8(2)11-6-9(3)12(13)10(4)7-11/h1,6-8,13H,2-4H3. The molecule has 1 atom stereocenters. The molecule has 68 valence electrons. The quantitative estimate of drug-likeness (QED) is 0.649. The Balaban J connectivity index is 3.22. The second-order valence-corrected chi connectivity index (χ2v) is 3.39. The van der Waals surface area contributed by atoms with Crippen molar-refractivity contribution >= 4 is 0 Å². The highest BCUT2D eigenvalue weighted by molar-refractivity contribution is 5.44. The summed E-state index contributed by atoms with van der Waals surface area (Å²) in [5, 5.41) is 9.53. The zero-order valence-electron chi connectivity index (χ0n) is 8.26. The fourth-order valence-corrected chi connectivity index (χ4v) is 1.34. The molecule has 0 aliphatic rings. The van der Waals surface area contributed by atoms with Crippen LogP contribution in [0, 0.1) is 26.2 Å². The zero-order valence-corrected chi connectivity index (χ0v) is 8.26. The van der Waals surface area contributed by atoms with E-state index in [2.05, 4.69) is 5.92 Å². The molecule has 13 heavy (non-hydrogen) atoms. The summed E-state index contributed by atoms with van der Waals surface area (Å²) in [6, 6.07) is 3.87. The van der Waals surface area contributed by atoms with Gasteiger partial charge in [-0.2, -0.15) is 0 Å². The smallest absolute Gasteiger partial charge is 0.121 e. The molecule has 0 aliphatic carbocycles. The van der Waals surface area contributed by atoms with Crippen LogP contribution >= 0.6 is 0 Å². The second kappa shape index (κ2) is 3.53. The van der Waals surface area contributed by atoms with E-state index in [4.69, 9.17) is 6.42 Å². The van der Waals surface area contributed by atoms with Gasteiger partial charge in [-0.1, -0.05) is 18.1 Å². The Bertz CT molecular complexity index is 335. The number of hydrogen-bond acceptors (Lipinski definition) is 1. The number of phenolic OH excluding ortho intramolecular Hbond substituents is 1. The Morgan fingerprint density at radius 1 is 1.31 bits per heavy atom. The summed E-state index contributed by atoms with van der Waals surface area (Å²) in [5.41, 5.74) is 2.87. The van der Waals surface area contributed by atoms with Crippen molar-refractivity contribution in [2.75, 3.05) is 0 Å². The van der Waals surface area contributed by atoms with E-state index in [1.165, 1.54) is 0 Å². The maximum atomic E-state index is 9.53. The summed E-state index contributed by atoms with van der Waals surface area (Å²) in [7, 11) is 0. The van der Waals surface area contributed by atoms with Crippen LogP contribution in [0.5, 0.6) is 5.75 Å². The Kier molecular flexibility index (Phi) is 2.63.